The number of benzene rings is 2. The molecule has 164 valence electrons. The van der Waals surface area contributed by atoms with Crippen molar-refractivity contribution in [2.45, 2.75) is 45.8 Å². The number of rotatable bonds is 6. The van der Waals surface area contributed by atoms with Crippen LogP contribution in [0.15, 0.2) is 53.5 Å². The fraction of sp³-hybridized carbons (Fsp3) is 0.375. The van der Waals surface area contributed by atoms with Crippen molar-refractivity contribution in [2.75, 3.05) is 7.05 Å². The number of nitrogens with two attached hydrogens (primary N) is 1. The lowest BCUT2D eigenvalue weighted by Gasteiger charge is -2.37. The van der Waals surface area contributed by atoms with Gasteiger partial charge in [0.2, 0.25) is 5.91 Å². The van der Waals surface area contributed by atoms with Crippen LogP contribution in [0.2, 0.25) is 0 Å². The molecule has 3 rings (SSSR count). The Morgan fingerprint density at radius 1 is 1.23 bits per heavy atom. The smallest absolute Gasteiger partial charge is 0.254 e. The molecule has 0 radical (unpaired) electrons. The van der Waals surface area contributed by atoms with E-state index in [0.29, 0.717) is 12.1 Å². The molecule has 1 aliphatic rings. The summed E-state index contributed by atoms with van der Waals surface area (Å²) in [4.78, 5) is 33.0. The van der Waals surface area contributed by atoms with Crippen LogP contribution in [0.25, 0.3) is 0 Å². The SMILES string of the molecule is CC(C)C1(C)CC(=O)N(Cc2cc(F)cc(C(=O)N(C)Cc3ccccc3)c2)C(N)=N1. The van der Waals surface area contributed by atoms with E-state index in [1.807, 2.05) is 51.1 Å². The summed E-state index contributed by atoms with van der Waals surface area (Å²) >= 11 is 0. The van der Waals surface area contributed by atoms with Gasteiger partial charge >= 0.3 is 0 Å². The van der Waals surface area contributed by atoms with Crippen molar-refractivity contribution in [3.05, 3.63) is 71.0 Å². The van der Waals surface area contributed by atoms with Gasteiger partial charge in [0, 0.05) is 19.2 Å². The monoisotopic (exact) mass is 424 g/mol. The van der Waals surface area contributed by atoms with Crippen molar-refractivity contribution in [3.63, 3.8) is 0 Å². The summed E-state index contributed by atoms with van der Waals surface area (Å²) < 4.78 is 14.3. The Morgan fingerprint density at radius 2 is 1.90 bits per heavy atom. The second kappa shape index (κ2) is 8.88. The molecular formula is C24H29FN4O2. The molecule has 0 aliphatic carbocycles. The molecular weight excluding hydrogens is 395 g/mol. The summed E-state index contributed by atoms with van der Waals surface area (Å²) in [6, 6.07) is 13.7. The number of hydrogen-bond acceptors (Lipinski definition) is 4. The largest absolute Gasteiger partial charge is 0.369 e. The van der Waals surface area contributed by atoms with Gasteiger partial charge in [0.25, 0.3) is 5.91 Å². The zero-order valence-electron chi connectivity index (χ0n) is 18.4. The van der Waals surface area contributed by atoms with Crippen LogP contribution in [-0.2, 0) is 17.9 Å². The van der Waals surface area contributed by atoms with E-state index < -0.39 is 11.4 Å². The molecule has 0 spiro atoms. The summed E-state index contributed by atoms with van der Waals surface area (Å²) in [7, 11) is 1.67. The summed E-state index contributed by atoms with van der Waals surface area (Å²) in [6.45, 7) is 6.36. The Bertz CT molecular complexity index is 1010. The van der Waals surface area contributed by atoms with Crippen LogP contribution in [0.5, 0.6) is 0 Å². The Balaban J connectivity index is 1.80. The number of carbonyl (C=O) groups excluding carboxylic acids is 2. The number of aliphatic imine (C=N–C) groups is 1. The van der Waals surface area contributed by atoms with E-state index in [9.17, 15) is 14.0 Å². The topological polar surface area (TPSA) is 79.0 Å². The molecule has 2 aromatic rings. The van der Waals surface area contributed by atoms with E-state index in [0.717, 1.165) is 5.56 Å². The molecule has 6 nitrogen and oxygen atoms in total. The Labute approximate surface area is 182 Å². The zero-order chi connectivity index (χ0) is 22.8. The number of hydrogen-bond donors (Lipinski definition) is 1. The summed E-state index contributed by atoms with van der Waals surface area (Å²) in [6.07, 6.45) is 0.228. The molecule has 0 bridgehead atoms. The fourth-order valence-corrected chi connectivity index (χ4v) is 3.59. The highest BCUT2D eigenvalue weighted by atomic mass is 19.1. The maximum atomic E-state index is 14.3. The van der Waals surface area contributed by atoms with E-state index in [1.165, 1.54) is 21.9 Å². The first-order chi connectivity index (χ1) is 14.6. The highest BCUT2D eigenvalue weighted by Gasteiger charge is 2.38. The fourth-order valence-electron chi connectivity index (χ4n) is 3.59. The predicted octanol–water partition coefficient (Wildman–Crippen LogP) is 3.56. The van der Waals surface area contributed by atoms with Crippen molar-refractivity contribution in [1.82, 2.24) is 9.80 Å². The minimum Gasteiger partial charge on any atom is -0.369 e. The normalized spacial score (nSPS) is 18.8. The minimum absolute atomic E-state index is 0.0583. The molecule has 1 aliphatic heterocycles. The molecule has 0 saturated carbocycles. The van der Waals surface area contributed by atoms with Crippen LogP contribution in [0.1, 0.15) is 48.7 Å². The van der Waals surface area contributed by atoms with Gasteiger partial charge in [-0.2, -0.15) is 0 Å². The molecule has 1 unspecified atom stereocenters. The Morgan fingerprint density at radius 3 is 2.52 bits per heavy atom. The van der Waals surface area contributed by atoms with Gasteiger partial charge in [-0.15, -0.1) is 0 Å². The average Bonchev–Trinajstić information content (AvgIpc) is 2.70. The molecule has 2 N–H and O–H groups in total. The summed E-state index contributed by atoms with van der Waals surface area (Å²) in [5, 5.41) is 0. The lowest BCUT2D eigenvalue weighted by molar-refractivity contribution is -0.130. The highest BCUT2D eigenvalue weighted by molar-refractivity contribution is 5.99. The van der Waals surface area contributed by atoms with Crippen molar-refractivity contribution in [1.29, 1.82) is 0 Å². The van der Waals surface area contributed by atoms with Crippen molar-refractivity contribution in [2.24, 2.45) is 16.6 Å². The molecule has 1 heterocycles. The lowest BCUT2D eigenvalue weighted by atomic mass is 9.84. The van der Waals surface area contributed by atoms with E-state index in [4.69, 9.17) is 5.73 Å². The van der Waals surface area contributed by atoms with Gasteiger partial charge in [-0.05, 0) is 42.2 Å². The lowest BCUT2D eigenvalue weighted by Crippen LogP contribution is -2.51. The highest BCUT2D eigenvalue weighted by Crippen LogP contribution is 2.30. The van der Waals surface area contributed by atoms with Crippen molar-refractivity contribution < 1.29 is 14.0 Å². The number of guanidine groups is 1. The standard InChI is InChI=1S/C24H29FN4O2/c1-16(2)24(3)13-21(30)29(23(26)27-24)15-18-10-19(12-20(25)11-18)22(31)28(4)14-17-8-6-5-7-9-17/h5-12,16H,13-15H2,1-4H3,(H2,26,27). The number of carbonyl (C=O) groups is 2. The third-order valence-corrected chi connectivity index (χ3v) is 5.85. The maximum Gasteiger partial charge on any atom is 0.254 e. The van der Waals surface area contributed by atoms with Gasteiger partial charge in [-0.1, -0.05) is 44.2 Å². The van der Waals surface area contributed by atoms with Gasteiger partial charge < -0.3 is 10.6 Å². The number of nitrogens with zero attached hydrogens (tertiary/aromatic N) is 3. The average molecular weight is 425 g/mol. The van der Waals surface area contributed by atoms with Crippen LogP contribution >= 0.6 is 0 Å². The van der Waals surface area contributed by atoms with Gasteiger partial charge in [0.1, 0.15) is 5.82 Å². The number of halogens is 1. The van der Waals surface area contributed by atoms with E-state index >= 15 is 0 Å². The van der Waals surface area contributed by atoms with E-state index in [-0.39, 0.29) is 42.2 Å². The first-order valence-electron chi connectivity index (χ1n) is 10.3. The molecule has 1 atom stereocenters. The third-order valence-electron chi connectivity index (χ3n) is 5.85. The molecule has 0 fully saturated rings. The van der Waals surface area contributed by atoms with Crippen LogP contribution in [-0.4, -0.2) is 40.2 Å². The van der Waals surface area contributed by atoms with Crippen LogP contribution in [0, 0.1) is 11.7 Å². The first-order valence-corrected chi connectivity index (χ1v) is 10.3. The molecule has 0 aromatic heterocycles. The second-order valence-corrected chi connectivity index (χ2v) is 8.63. The maximum absolute atomic E-state index is 14.3. The molecule has 2 amide bonds. The van der Waals surface area contributed by atoms with Gasteiger partial charge in [0.05, 0.1) is 18.5 Å². The summed E-state index contributed by atoms with van der Waals surface area (Å²) in [5.74, 6) is -0.743. The Kier molecular flexibility index (Phi) is 6.43. The van der Waals surface area contributed by atoms with Gasteiger partial charge in [-0.25, -0.2) is 9.38 Å². The molecule has 7 heteroatoms. The van der Waals surface area contributed by atoms with Crippen molar-refractivity contribution >= 4 is 17.8 Å². The van der Waals surface area contributed by atoms with Crippen LogP contribution < -0.4 is 5.73 Å². The second-order valence-electron chi connectivity index (χ2n) is 8.63. The van der Waals surface area contributed by atoms with Crippen molar-refractivity contribution in [3.8, 4) is 0 Å². The summed E-state index contributed by atoms with van der Waals surface area (Å²) in [5.41, 5.74) is 7.22. The minimum atomic E-state index is -0.555. The first kappa shape index (κ1) is 22.5. The Hall–Kier alpha value is -3.22. The number of amides is 2. The van der Waals surface area contributed by atoms with E-state index in [2.05, 4.69) is 4.99 Å². The predicted molar refractivity (Wildman–Crippen MR) is 119 cm³/mol. The molecule has 0 saturated heterocycles. The zero-order valence-corrected chi connectivity index (χ0v) is 18.4. The van der Waals surface area contributed by atoms with Crippen LogP contribution in [0.3, 0.4) is 0 Å². The molecule has 31 heavy (non-hydrogen) atoms. The van der Waals surface area contributed by atoms with E-state index in [1.54, 1.807) is 13.1 Å². The van der Waals surface area contributed by atoms with Gasteiger partial charge in [0.15, 0.2) is 5.96 Å². The molecule has 2 aromatic carbocycles. The van der Waals surface area contributed by atoms with Crippen LogP contribution in [0.4, 0.5) is 4.39 Å². The van der Waals surface area contributed by atoms with Gasteiger partial charge in [-0.3, -0.25) is 14.5 Å². The quantitative estimate of drug-likeness (QED) is 0.770. The third kappa shape index (κ3) is 5.10.